The predicted molar refractivity (Wildman–Crippen MR) is 140 cm³/mol. The van der Waals surface area contributed by atoms with Crippen molar-refractivity contribution in [2.45, 2.75) is 13.1 Å². The minimum atomic E-state index is -0.267. The number of nitrogens with zero attached hydrogens (tertiary/aromatic N) is 1. The van der Waals surface area contributed by atoms with E-state index in [2.05, 4.69) is 21.1 Å². The van der Waals surface area contributed by atoms with E-state index in [0.717, 1.165) is 11.1 Å². The third kappa shape index (κ3) is 7.46. The van der Waals surface area contributed by atoms with Crippen molar-refractivity contribution in [2.75, 3.05) is 25.6 Å². The van der Waals surface area contributed by atoms with Crippen molar-refractivity contribution in [1.82, 2.24) is 10.6 Å². The maximum Gasteiger partial charge on any atom is 0.251 e. The molecule has 0 fully saturated rings. The molecule has 3 aromatic rings. The molecule has 3 rings (SSSR count). The Hall–Kier alpha value is -4.08. The molecule has 0 heterocycles. The first kappa shape index (κ1) is 26.5. The van der Waals surface area contributed by atoms with Gasteiger partial charge < -0.3 is 31.6 Å². The summed E-state index contributed by atoms with van der Waals surface area (Å²) in [5.74, 6) is -0.495. The second kappa shape index (κ2) is 13.1. The Bertz CT molecular complexity index is 1250. The third-order valence-corrected chi connectivity index (χ3v) is 5.54. The Labute approximate surface area is 214 Å². The van der Waals surface area contributed by atoms with E-state index in [9.17, 15) is 9.59 Å². The van der Waals surface area contributed by atoms with E-state index >= 15 is 0 Å². The molecule has 0 radical (unpaired) electrons. The summed E-state index contributed by atoms with van der Waals surface area (Å²) in [6.45, 7) is 1.48. The van der Waals surface area contributed by atoms with Crippen molar-refractivity contribution in [2.24, 2.45) is 10.9 Å². The van der Waals surface area contributed by atoms with Crippen LogP contribution in [0.2, 0.25) is 5.02 Å². The number of amidine groups is 1. The van der Waals surface area contributed by atoms with E-state index in [-0.39, 0.29) is 24.2 Å². The fourth-order valence-corrected chi connectivity index (χ4v) is 3.60. The third-order valence-electron chi connectivity index (χ3n) is 5.30. The van der Waals surface area contributed by atoms with Gasteiger partial charge in [0.1, 0.15) is 0 Å². The maximum absolute atomic E-state index is 12.6. The molecule has 188 valence electrons. The lowest BCUT2D eigenvalue weighted by Crippen LogP contribution is -2.27. The molecule has 0 saturated carbocycles. The van der Waals surface area contributed by atoms with E-state index in [1.807, 2.05) is 6.07 Å². The topological polar surface area (TPSA) is 138 Å². The quantitative estimate of drug-likeness (QED) is 0.0883. The number of hydrogen-bond donors (Lipinski definition) is 5. The number of ether oxygens (including phenoxy) is 1. The van der Waals surface area contributed by atoms with E-state index in [4.69, 9.17) is 27.3 Å². The number of halogens is 1. The molecule has 3 aromatic carbocycles. The van der Waals surface area contributed by atoms with Crippen molar-refractivity contribution >= 4 is 34.9 Å². The molecule has 36 heavy (non-hydrogen) atoms. The van der Waals surface area contributed by atoms with Crippen LogP contribution >= 0.6 is 11.6 Å². The predicted octanol–water partition coefficient (Wildman–Crippen LogP) is 3.35. The molecule has 0 saturated heterocycles. The molecule has 10 heteroatoms. The average molecular weight is 510 g/mol. The van der Waals surface area contributed by atoms with Crippen LogP contribution in [-0.2, 0) is 17.8 Å². The van der Waals surface area contributed by atoms with Gasteiger partial charge >= 0.3 is 0 Å². The lowest BCUT2D eigenvalue weighted by atomic mass is 10.1. The minimum Gasteiger partial charge on any atom is -0.409 e. The van der Waals surface area contributed by atoms with Gasteiger partial charge in [0.2, 0.25) is 0 Å². The van der Waals surface area contributed by atoms with Crippen LogP contribution in [0, 0.1) is 0 Å². The summed E-state index contributed by atoms with van der Waals surface area (Å²) in [7, 11) is 1.57. The number of anilines is 1. The number of nitrogens with one attached hydrogen (secondary N) is 3. The first-order chi connectivity index (χ1) is 17.4. The molecule has 0 bridgehead atoms. The van der Waals surface area contributed by atoms with Crippen molar-refractivity contribution in [1.29, 1.82) is 0 Å². The van der Waals surface area contributed by atoms with Crippen LogP contribution in [0.5, 0.6) is 0 Å². The molecule has 0 aromatic heterocycles. The number of methoxy groups -OCH3 is 1. The second-order valence-corrected chi connectivity index (χ2v) is 8.29. The number of carbonyl (C=O) groups excluding carboxylic acids is 2. The van der Waals surface area contributed by atoms with Gasteiger partial charge in [-0.05, 0) is 47.5 Å². The highest BCUT2D eigenvalue weighted by molar-refractivity contribution is 6.30. The van der Waals surface area contributed by atoms with Gasteiger partial charge in [0.05, 0.1) is 6.61 Å². The van der Waals surface area contributed by atoms with Crippen LogP contribution in [0.25, 0.3) is 0 Å². The molecule has 2 amide bonds. The number of oxime groups is 1. The second-order valence-electron chi connectivity index (χ2n) is 7.85. The molecule has 0 unspecified atom stereocenters. The van der Waals surface area contributed by atoms with Gasteiger partial charge in [-0.25, -0.2) is 0 Å². The van der Waals surface area contributed by atoms with Gasteiger partial charge in [-0.3, -0.25) is 9.59 Å². The molecular weight excluding hydrogens is 482 g/mol. The van der Waals surface area contributed by atoms with Gasteiger partial charge in [-0.15, -0.1) is 0 Å². The maximum atomic E-state index is 12.6. The molecule has 0 atom stereocenters. The molecular formula is C26H28ClN5O4. The number of hydrogen-bond acceptors (Lipinski definition) is 6. The number of carbonyl (C=O) groups is 2. The first-order valence-corrected chi connectivity index (χ1v) is 11.5. The summed E-state index contributed by atoms with van der Waals surface area (Å²) in [5.41, 5.74) is 9.60. The summed E-state index contributed by atoms with van der Waals surface area (Å²) in [6.07, 6.45) is 0. The Morgan fingerprint density at radius 3 is 2.39 bits per heavy atom. The number of rotatable bonds is 11. The Kier molecular flexibility index (Phi) is 9.67. The molecule has 0 aliphatic rings. The van der Waals surface area contributed by atoms with E-state index in [1.165, 1.54) is 0 Å². The SMILES string of the molecule is COCCNC(=O)c1cccc(CNc2cc(C(N)=NO)ccc2CNC(=O)c2cccc(Cl)c2)c1. The van der Waals surface area contributed by atoms with Crippen molar-refractivity contribution in [3.63, 3.8) is 0 Å². The van der Waals surface area contributed by atoms with Gasteiger partial charge in [-0.1, -0.05) is 47.1 Å². The Balaban J connectivity index is 1.74. The number of amides is 2. The monoisotopic (exact) mass is 509 g/mol. The summed E-state index contributed by atoms with van der Waals surface area (Å²) in [5, 5.41) is 21.6. The summed E-state index contributed by atoms with van der Waals surface area (Å²) >= 11 is 5.99. The molecule has 0 aliphatic heterocycles. The standard InChI is InChI=1S/C26H28ClN5O4/c1-36-11-10-29-25(33)19-5-2-4-17(12-19)15-30-23-14-18(24(28)32-35)8-9-21(23)16-31-26(34)20-6-3-7-22(27)13-20/h2-9,12-14,30,35H,10-11,15-16H2,1H3,(H2,28,32)(H,29,33)(H,31,34). The van der Waals surface area contributed by atoms with Gasteiger partial charge in [0.15, 0.2) is 5.84 Å². The van der Waals surface area contributed by atoms with Crippen molar-refractivity contribution in [3.8, 4) is 0 Å². The van der Waals surface area contributed by atoms with Crippen LogP contribution in [0.1, 0.15) is 37.4 Å². The largest absolute Gasteiger partial charge is 0.409 e. The van der Waals surface area contributed by atoms with Gasteiger partial charge in [0, 0.05) is 54.1 Å². The van der Waals surface area contributed by atoms with E-state index < -0.39 is 0 Å². The molecule has 0 spiro atoms. The van der Waals surface area contributed by atoms with Crippen LogP contribution in [0.3, 0.4) is 0 Å². The fraction of sp³-hybridized carbons (Fsp3) is 0.192. The number of nitrogens with two attached hydrogens (primary N) is 1. The highest BCUT2D eigenvalue weighted by Crippen LogP contribution is 2.20. The smallest absolute Gasteiger partial charge is 0.251 e. The van der Waals surface area contributed by atoms with E-state index in [1.54, 1.807) is 67.8 Å². The zero-order valence-electron chi connectivity index (χ0n) is 19.8. The Morgan fingerprint density at radius 2 is 1.67 bits per heavy atom. The molecule has 9 nitrogen and oxygen atoms in total. The van der Waals surface area contributed by atoms with Gasteiger partial charge in [0.25, 0.3) is 11.8 Å². The van der Waals surface area contributed by atoms with Crippen LogP contribution < -0.4 is 21.7 Å². The number of benzene rings is 3. The Morgan fingerprint density at radius 1 is 0.944 bits per heavy atom. The zero-order valence-corrected chi connectivity index (χ0v) is 20.5. The lowest BCUT2D eigenvalue weighted by molar-refractivity contribution is 0.0933. The summed E-state index contributed by atoms with van der Waals surface area (Å²) in [4.78, 5) is 24.9. The van der Waals surface area contributed by atoms with E-state index in [0.29, 0.717) is 47.1 Å². The van der Waals surface area contributed by atoms with Crippen LogP contribution in [0.4, 0.5) is 5.69 Å². The lowest BCUT2D eigenvalue weighted by Gasteiger charge is -2.15. The molecule has 6 N–H and O–H groups in total. The summed E-state index contributed by atoms with van der Waals surface area (Å²) < 4.78 is 4.96. The highest BCUT2D eigenvalue weighted by Gasteiger charge is 2.11. The normalized spacial score (nSPS) is 11.1. The van der Waals surface area contributed by atoms with Gasteiger partial charge in [-0.2, -0.15) is 0 Å². The fourth-order valence-electron chi connectivity index (χ4n) is 3.41. The van der Waals surface area contributed by atoms with Crippen LogP contribution in [-0.4, -0.2) is 43.1 Å². The minimum absolute atomic E-state index is 0.0395. The highest BCUT2D eigenvalue weighted by atomic mass is 35.5. The van der Waals surface area contributed by atoms with Crippen molar-refractivity contribution in [3.05, 3.63) is 99.6 Å². The average Bonchev–Trinajstić information content (AvgIpc) is 2.90. The van der Waals surface area contributed by atoms with Crippen LogP contribution in [0.15, 0.2) is 71.9 Å². The zero-order chi connectivity index (χ0) is 25.9. The first-order valence-electron chi connectivity index (χ1n) is 11.2. The summed E-state index contributed by atoms with van der Waals surface area (Å²) in [6, 6.07) is 19.1. The van der Waals surface area contributed by atoms with Crippen molar-refractivity contribution < 1.29 is 19.5 Å². The molecule has 0 aliphatic carbocycles.